The molecule has 1 aliphatic rings. The van der Waals surface area contributed by atoms with Gasteiger partial charge in [-0.05, 0) is 29.8 Å². The Kier molecular flexibility index (Phi) is 3.65. The molecule has 0 fully saturated rings. The highest BCUT2D eigenvalue weighted by Gasteiger charge is 2.32. The van der Waals surface area contributed by atoms with Crippen LogP contribution in [0.15, 0.2) is 90.6 Å². The Bertz CT molecular complexity index is 1170. The molecule has 1 unspecified atom stereocenters. The normalized spacial score (nSPS) is 17.7. The maximum absolute atomic E-state index is 13.3. The molecule has 0 aliphatic carbocycles. The summed E-state index contributed by atoms with van der Waals surface area (Å²) in [5.41, 5.74) is 4.25. The molecule has 0 spiro atoms. The van der Waals surface area contributed by atoms with Crippen LogP contribution in [0.1, 0.15) is 27.6 Å². The fourth-order valence-corrected chi connectivity index (χ4v) is 3.62. The van der Waals surface area contributed by atoms with Gasteiger partial charge in [0, 0.05) is 28.2 Å². The monoisotopic (exact) mass is 351 g/mol. The van der Waals surface area contributed by atoms with E-state index in [2.05, 4.69) is 11.1 Å². The van der Waals surface area contributed by atoms with E-state index in [1.54, 1.807) is 0 Å². The summed E-state index contributed by atoms with van der Waals surface area (Å²) in [6, 6.07) is 25.4. The zero-order valence-electron chi connectivity index (χ0n) is 14.6. The average molecular weight is 351 g/mol. The second kappa shape index (κ2) is 6.29. The molecule has 0 saturated heterocycles. The minimum atomic E-state index is -0.428. The smallest absolute Gasteiger partial charge is 0.196 e. The number of Topliss-reactive ketones (excluding diaryl/α,β-unsaturated/α-hetero) is 1. The fourth-order valence-electron chi connectivity index (χ4n) is 3.62. The number of carbonyl (C=O) groups is 1. The van der Waals surface area contributed by atoms with Crippen molar-refractivity contribution in [2.24, 2.45) is 0 Å². The van der Waals surface area contributed by atoms with Gasteiger partial charge < -0.3 is 9.72 Å². The SMILES string of the molecule is O=C1C(=Cc2c[nH]c3ccccc23)C(c2ccccc2)Oc2ccccc21. The average Bonchev–Trinajstić information content (AvgIpc) is 3.14. The number of para-hydroxylation sites is 2. The number of ether oxygens (including phenoxy) is 1. The van der Waals surface area contributed by atoms with E-state index in [4.69, 9.17) is 4.74 Å². The van der Waals surface area contributed by atoms with E-state index in [1.807, 2.05) is 85.1 Å². The number of rotatable bonds is 2. The summed E-state index contributed by atoms with van der Waals surface area (Å²) >= 11 is 0. The second-order valence-electron chi connectivity index (χ2n) is 6.62. The lowest BCUT2D eigenvalue weighted by atomic mass is 9.89. The molecule has 3 heteroatoms. The van der Waals surface area contributed by atoms with Crippen molar-refractivity contribution in [3.05, 3.63) is 107 Å². The van der Waals surface area contributed by atoms with Crippen molar-refractivity contribution in [3.63, 3.8) is 0 Å². The minimum absolute atomic E-state index is 0.0102. The number of fused-ring (bicyclic) bond motifs is 2. The summed E-state index contributed by atoms with van der Waals surface area (Å²) in [6.45, 7) is 0. The molecule has 0 amide bonds. The number of carbonyl (C=O) groups excluding carboxylic acids is 1. The summed E-state index contributed by atoms with van der Waals surface area (Å²) in [4.78, 5) is 16.6. The van der Waals surface area contributed by atoms with Gasteiger partial charge in [0.15, 0.2) is 11.9 Å². The molecular formula is C24H17NO2. The molecule has 0 saturated carbocycles. The maximum Gasteiger partial charge on any atom is 0.196 e. The lowest BCUT2D eigenvalue weighted by molar-refractivity contribution is 0.0963. The van der Waals surface area contributed by atoms with Gasteiger partial charge in [0.05, 0.1) is 5.56 Å². The Balaban J connectivity index is 1.70. The third-order valence-electron chi connectivity index (χ3n) is 4.96. The number of hydrogen-bond donors (Lipinski definition) is 1. The van der Waals surface area contributed by atoms with Crippen LogP contribution in [-0.4, -0.2) is 10.8 Å². The van der Waals surface area contributed by atoms with Crippen LogP contribution >= 0.6 is 0 Å². The Morgan fingerprint density at radius 1 is 0.852 bits per heavy atom. The Morgan fingerprint density at radius 2 is 1.59 bits per heavy atom. The van der Waals surface area contributed by atoms with Gasteiger partial charge in [-0.1, -0.05) is 60.7 Å². The quantitative estimate of drug-likeness (QED) is 0.480. The number of benzene rings is 3. The zero-order chi connectivity index (χ0) is 18.2. The summed E-state index contributed by atoms with van der Waals surface area (Å²) in [5.74, 6) is 0.642. The standard InChI is InChI=1S/C24H17NO2/c26-23-19-11-5-7-13-22(19)27-24(16-8-2-1-3-9-16)20(23)14-17-15-25-21-12-6-4-10-18(17)21/h1-15,24-25H. The molecule has 27 heavy (non-hydrogen) atoms. The molecule has 1 N–H and O–H groups in total. The predicted octanol–water partition coefficient (Wildman–Crippen LogP) is 5.57. The van der Waals surface area contributed by atoms with Crippen LogP contribution in [-0.2, 0) is 0 Å². The first-order valence-corrected chi connectivity index (χ1v) is 8.94. The van der Waals surface area contributed by atoms with Gasteiger partial charge in [-0.15, -0.1) is 0 Å². The molecule has 0 bridgehead atoms. The molecule has 130 valence electrons. The van der Waals surface area contributed by atoms with Crippen LogP contribution in [0.2, 0.25) is 0 Å². The molecule has 3 nitrogen and oxygen atoms in total. The van der Waals surface area contributed by atoms with Crippen LogP contribution in [0.25, 0.3) is 17.0 Å². The van der Waals surface area contributed by atoms with E-state index in [1.165, 1.54) is 0 Å². The van der Waals surface area contributed by atoms with E-state index in [-0.39, 0.29) is 5.78 Å². The lowest BCUT2D eigenvalue weighted by Gasteiger charge is -2.28. The first-order chi connectivity index (χ1) is 13.3. The van der Waals surface area contributed by atoms with E-state index in [0.717, 1.165) is 22.0 Å². The fraction of sp³-hybridized carbons (Fsp3) is 0.0417. The van der Waals surface area contributed by atoms with E-state index in [0.29, 0.717) is 16.9 Å². The van der Waals surface area contributed by atoms with E-state index >= 15 is 0 Å². The first kappa shape index (κ1) is 15.6. The lowest BCUT2D eigenvalue weighted by Crippen LogP contribution is -2.23. The van der Waals surface area contributed by atoms with Crippen molar-refractivity contribution in [1.29, 1.82) is 0 Å². The number of hydrogen-bond acceptors (Lipinski definition) is 2. The number of aromatic nitrogens is 1. The number of aromatic amines is 1. The second-order valence-corrected chi connectivity index (χ2v) is 6.62. The molecule has 5 rings (SSSR count). The van der Waals surface area contributed by atoms with Gasteiger partial charge in [-0.25, -0.2) is 0 Å². The molecule has 4 aromatic rings. The van der Waals surface area contributed by atoms with Crippen molar-refractivity contribution in [1.82, 2.24) is 4.98 Å². The van der Waals surface area contributed by atoms with Gasteiger partial charge >= 0.3 is 0 Å². The predicted molar refractivity (Wildman–Crippen MR) is 107 cm³/mol. The third kappa shape index (κ3) is 2.64. The van der Waals surface area contributed by atoms with Gasteiger partial charge in [0.1, 0.15) is 5.75 Å². The molecule has 0 radical (unpaired) electrons. The number of nitrogens with one attached hydrogen (secondary N) is 1. The Labute approximate surface area is 156 Å². The number of H-pyrrole nitrogens is 1. The van der Waals surface area contributed by atoms with Crippen LogP contribution in [0.4, 0.5) is 0 Å². The molecule has 1 atom stereocenters. The van der Waals surface area contributed by atoms with Gasteiger partial charge in [-0.3, -0.25) is 4.79 Å². The van der Waals surface area contributed by atoms with E-state index in [9.17, 15) is 4.79 Å². The Morgan fingerprint density at radius 3 is 2.48 bits per heavy atom. The zero-order valence-corrected chi connectivity index (χ0v) is 14.6. The molecule has 2 heterocycles. The molecule has 1 aromatic heterocycles. The van der Waals surface area contributed by atoms with Crippen molar-refractivity contribution in [2.75, 3.05) is 0 Å². The maximum atomic E-state index is 13.3. The van der Waals surface area contributed by atoms with Gasteiger partial charge in [0.2, 0.25) is 0 Å². The van der Waals surface area contributed by atoms with Crippen molar-refractivity contribution in [2.45, 2.75) is 6.10 Å². The van der Waals surface area contributed by atoms with Crippen LogP contribution in [0, 0.1) is 0 Å². The summed E-state index contributed by atoms with van der Waals surface area (Å²) in [7, 11) is 0. The molecule has 1 aliphatic heterocycles. The van der Waals surface area contributed by atoms with Crippen molar-refractivity contribution >= 4 is 22.8 Å². The van der Waals surface area contributed by atoms with Crippen molar-refractivity contribution in [3.8, 4) is 5.75 Å². The Hall–Kier alpha value is -3.59. The molecule has 3 aromatic carbocycles. The van der Waals surface area contributed by atoms with Gasteiger partial charge in [0.25, 0.3) is 0 Å². The highest BCUT2D eigenvalue weighted by Crippen LogP contribution is 2.39. The van der Waals surface area contributed by atoms with Crippen LogP contribution in [0.3, 0.4) is 0 Å². The highest BCUT2D eigenvalue weighted by atomic mass is 16.5. The minimum Gasteiger partial charge on any atom is -0.480 e. The van der Waals surface area contributed by atoms with Crippen molar-refractivity contribution < 1.29 is 9.53 Å². The summed E-state index contributed by atoms with van der Waals surface area (Å²) in [6.07, 6.45) is 3.46. The molecular weight excluding hydrogens is 334 g/mol. The van der Waals surface area contributed by atoms with Crippen LogP contribution in [0.5, 0.6) is 5.75 Å². The van der Waals surface area contributed by atoms with Gasteiger partial charge in [-0.2, -0.15) is 0 Å². The van der Waals surface area contributed by atoms with Crippen LogP contribution < -0.4 is 4.74 Å². The topological polar surface area (TPSA) is 42.1 Å². The largest absolute Gasteiger partial charge is 0.480 e. The third-order valence-corrected chi connectivity index (χ3v) is 4.96. The number of ketones is 1. The van der Waals surface area contributed by atoms with E-state index < -0.39 is 6.10 Å². The highest BCUT2D eigenvalue weighted by molar-refractivity contribution is 6.15. The summed E-state index contributed by atoms with van der Waals surface area (Å²) in [5, 5.41) is 1.09. The summed E-state index contributed by atoms with van der Waals surface area (Å²) < 4.78 is 6.26. The first-order valence-electron chi connectivity index (χ1n) is 8.94.